The monoisotopic (exact) mass is 217 g/mol. The van der Waals surface area contributed by atoms with Crippen molar-refractivity contribution >= 4 is 11.4 Å². The van der Waals surface area contributed by atoms with E-state index in [4.69, 9.17) is 4.99 Å². The van der Waals surface area contributed by atoms with E-state index < -0.39 is 0 Å². The van der Waals surface area contributed by atoms with Crippen LogP contribution in [-0.2, 0) is 0 Å². The Labute approximate surface area is 99.6 Å². The van der Waals surface area contributed by atoms with Gasteiger partial charge in [-0.2, -0.15) is 0 Å². The number of rotatable bonds is 3. The Morgan fingerprint density at radius 1 is 1.12 bits per heavy atom. The Bertz CT molecular complexity index is 386. The molecule has 0 saturated heterocycles. The van der Waals surface area contributed by atoms with Crippen molar-refractivity contribution in [2.24, 2.45) is 10.9 Å². The molecular weight excluding hydrogens is 194 g/mol. The van der Waals surface area contributed by atoms with E-state index in [1.807, 2.05) is 0 Å². The fourth-order valence-electron chi connectivity index (χ4n) is 1.43. The highest BCUT2D eigenvalue weighted by Crippen LogP contribution is 2.25. The predicted molar refractivity (Wildman–Crippen MR) is 72.9 cm³/mol. The number of nitrogens with zero attached hydrogens (tertiary/aromatic N) is 1. The molecule has 88 valence electrons. The molecule has 1 heteroatoms. The van der Waals surface area contributed by atoms with Crippen molar-refractivity contribution in [2.75, 3.05) is 0 Å². The topological polar surface area (TPSA) is 12.4 Å². The van der Waals surface area contributed by atoms with Crippen LogP contribution in [0.4, 0.5) is 5.69 Å². The number of aryl methyl sites for hydroxylation is 1. The first-order valence-corrected chi connectivity index (χ1v) is 6.07. The summed E-state index contributed by atoms with van der Waals surface area (Å²) in [5.74, 6) is 1.08. The largest absolute Gasteiger partial charge is 0.258 e. The first-order valence-electron chi connectivity index (χ1n) is 6.07. The van der Waals surface area contributed by atoms with Gasteiger partial charge in [-0.15, -0.1) is 0 Å². The molecule has 16 heavy (non-hydrogen) atoms. The minimum Gasteiger partial charge on any atom is -0.258 e. The van der Waals surface area contributed by atoms with Gasteiger partial charge < -0.3 is 0 Å². The molecular formula is C15H23N. The van der Waals surface area contributed by atoms with Gasteiger partial charge in [-0.3, -0.25) is 4.99 Å². The molecule has 0 fully saturated rings. The van der Waals surface area contributed by atoms with E-state index in [0.717, 1.165) is 5.69 Å². The summed E-state index contributed by atoms with van der Waals surface area (Å²) in [6.45, 7) is 13.0. The third-order valence-electron chi connectivity index (χ3n) is 3.03. The van der Waals surface area contributed by atoms with Crippen LogP contribution in [0.1, 0.15) is 51.7 Å². The Morgan fingerprint density at radius 2 is 1.75 bits per heavy atom. The smallest absolute Gasteiger partial charge is 0.0661 e. The van der Waals surface area contributed by atoms with E-state index in [0.29, 0.717) is 11.8 Å². The number of aliphatic imine (C=N–C) groups is 1. The van der Waals surface area contributed by atoms with Gasteiger partial charge in [-0.05, 0) is 42.9 Å². The lowest BCUT2D eigenvalue weighted by atomic mass is 10.0. The molecule has 0 amide bonds. The molecule has 0 unspecified atom stereocenters. The molecule has 0 radical (unpaired) electrons. The molecule has 0 aromatic heterocycles. The van der Waals surface area contributed by atoms with Gasteiger partial charge in [-0.25, -0.2) is 0 Å². The predicted octanol–water partition coefficient (Wildman–Crippen LogP) is 4.87. The van der Waals surface area contributed by atoms with Crippen LogP contribution in [-0.4, -0.2) is 5.71 Å². The molecule has 0 N–H and O–H groups in total. The van der Waals surface area contributed by atoms with E-state index in [2.05, 4.69) is 59.7 Å². The average Bonchev–Trinajstić information content (AvgIpc) is 2.20. The summed E-state index contributed by atoms with van der Waals surface area (Å²) in [4.78, 5) is 4.72. The Hall–Kier alpha value is -1.11. The lowest BCUT2D eigenvalue weighted by Crippen LogP contribution is -2.01. The van der Waals surface area contributed by atoms with Crippen LogP contribution in [0.5, 0.6) is 0 Å². The third-order valence-corrected chi connectivity index (χ3v) is 3.03. The highest BCUT2D eigenvalue weighted by atomic mass is 14.7. The molecule has 0 bridgehead atoms. The minimum absolute atomic E-state index is 0.516. The van der Waals surface area contributed by atoms with Gasteiger partial charge in [0.2, 0.25) is 0 Å². The van der Waals surface area contributed by atoms with E-state index in [1.165, 1.54) is 16.8 Å². The molecule has 1 rings (SSSR count). The standard InChI is InChI=1S/C15H23N/c1-10(2)13(6)16-15-9-14(11(3)4)8-7-12(15)5/h7-11H,1-6H3. The van der Waals surface area contributed by atoms with Gasteiger partial charge in [0.25, 0.3) is 0 Å². The van der Waals surface area contributed by atoms with Crippen LogP contribution in [0, 0.1) is 12.8 Å². The van der Waals surface area contributed by atoms with E-state index in [-0.39, 0.29) is 0 Å². The maximum atomic E-state index is 4.72. The third kappa shape index (κ3) is 3.19. The van der Waals surface area contributed by atoms with Crippen LogP contribution in [0.25, 0.3) is 0 Å². The summed E-state index contributed by atoms with van der Waals surface area (Å²) in [6.07, 6.45) is 0. The molecule has 0 aliphatic rings. The van der Waals surface area contributed by atoms with Gasteiger partial charge in [0.1, 0.15) is 0 Å². The summed E-state index contributed by atoms with van der Waals surface area (Å²) >= 11 is 0. The second-order valence-corrected chi connectivity index (χ2v) is 5.11. The average molecular weight is 217 g/mol. The summed E-state index contributed by atoms with van der Waals surface area (Å²) < 4.78 is 0. The van der Waals surface area contributed by atoms with Crippen LogP contribution >= 0.6 is 0 Å². The lowest BCUT2D eigenvalue weighted by Gasteiger charge is -2.10. The molecule has 0 spiro atoms. The molecule has 1 aromatic carbocycles. The van der Waals surface area contributed by atoms with Crippen LogP contribution in [0.2, 0.25) is 0 Å². The first kappa shape index (κ1) is 13.0. The highest BCUT2D eigenvalue weighted by Gasteiger charge is 2.04. The van der Waals surface area contributed by atoms with Gasteiger partial charge in [0.05, 0.1) is 5.69 Å². The molecule has 1 nitrogen and oxygen atoms in total. The number of benzene rings is 1. The molecule has 0 aliphatic carbocycles. The second kappa shape index (κ2) is 5.29. The highest BCUT2D eigenvalue weighted by molar-refractivity contribution is 5.86. The Balaban J connectivity index is 3.13. The fourth-order valence-corrected chi connectivity index (χ4v) is 1.43. The number of hydrogen-bond donors (Lipinski definition) is 0. The first-order chi connectivity index (χ1) is 7.41. The van der Waals surface area contributed by atoms with Crippen LogP contribution in [0.15, 0.2) is 23.2 Å². The quantitative estimate of drug-likeness (QED) is 0.641. The summed E-state index contributed by atoms with van der Waals surface area (Å²) in [5, 5.41) is 0. The summed E-state index contributed by atoms with van der Waals surface area (Å²) in [5.41, 5.74) is 4.94. The SMILES string of the molecule is CC(=Nc1cc(C(C)C)ccc1C)C(C)C. The molecule has 0 saturated carbocycles. The second-order valence-electron chi connectivity index (χ2n) is 5.11. The van der Waals surface area contributed by atoms with E-state index in [9.17, 15) is 0 Å². The van der Waals surface area contributed by atoms with Crippen LogP contribution in [0.3, 0.4) is 0 Å². The van der Waals surface area contributed by atoms with E-state index in [1.54, 1.807) is 0 Å². The maximum Gasteiger partial charge on any atom is 0.0661 e. The normalized spacial score (nSPS) is 12.6. The Kier molecular flexibility index (Phi) is 4.28. The minimum atomic E-state index is 0.516. The summed E-state index contributed by atoms with van der Waals surface area (Å²) in [7, 11) is 0. The molecule has 0 atom stereocenters. The Morgan fingerprint density at radius 3 is 2.25 bits per heavy atom. The zero-order valence-corrected chi connectivity index (χ0v) is 11.3. The fraction of sp³-hybridized carbons (Fsp3) is 0.533. The van der Waals surface area contributed by atoms with Crippen molar-refractivity contribution in [3.05, 3.63) is 29.3 Å². The lowest BCUT2D eigenvalue weighted by molar-refractivity contribution is 0.864. The van der Waals surface area contributed by atoms with Gasteiger partial charge >= 0.3 is 0 Å². The van der Waals surface area contributed by atoms with Gasteiger partial charge in [0, 0.05) is 5.71 Å². The van der Waals surface area contributed by atoms with Crippen molar-refractivity contribution in [3.63, 3.8) is 0 Å². The molecule has 1 aromatic rings. The van der Waals surface area contributed by atoms with E-state index >= 15 is 0 Å². The zero-order chi connectivity index (χ0) is 12.3. The van der Waals surface area contributed by atoms with Gasteiger partial charge in [-0.1, -0.05) is 39.8 Å². The van der Waals surface area contributed by atoms with Gasteiger partial charge in [0.15, 0.2) is 0 Å². The number of hydrogen-bond acceptors (Lipinski definition) is 1. The molecule has 0 heterocycles. The zero-order valence-electron chi connectivity index (χ0n) is 11.3. The summed E-state index contributed by atoms with van der Waals surface area (Å²) in [6, 6.07) is 6.58. The molecule has 0 aliphatic heterocycles. The van der Waals surface area contributed by atoms with Crippen molar-refractivity contribution in [3.8, 4) is 0 Å². The van der Waals surface area contributed by atoms with Crippen molar-refractivity contribution < 1.29 is 0 Å². The van der Waals surface area contributed by atoms with Crippen molar-refractivity contribution in [1.29, 1.82) is 0 Å². The van der Waals surface area contributed by atoms with Crippen LogP contribution < -0.4 is 0 Å². The maximum absolute atomic E-state index is 4.72. The van der Waals surface area contributed by atoms with Crippen molar-refractivity contribution in [1.82, 2.24) is 0 Å². The van der Waals surface area contributed by atoms with Crippen molar-refractivity contribution in [2.45, 2.75) is 47.5 Å².